The van der Waals surface area contributed by atoms with Crippen LogP contribution in [0.15, 0.2) is 42.7 Å². The van der Waals surface area contributed by atoms with E-state index in [4.69, 9.17) is 16.3 Å². The van der Waals surface area contributed by atoms with Crippen molar-refractivity contribution in [2.75, 3.05) is 55.7 Å². The number of carbonyl (C=O) groups is 1. The number of benzene rings is 2. The summed E-state index contributed by atoms with van der Waals surface area (Å²) in [6, 6.07) is 10.1. The third-order valence-corrected chi connectivity index (χ3v) is 8.06. The number of piperazine rings is 1. The summed E-state index contributed by atoms with van der Waals surface area (Å²) in [5.74, 6) is -1.91. The van der Waals surface area contributed by atoms with Gasteiger partial charge in [-0.05, 0) is 23.9 Å². The number of ether oxygens (including phenoxy) is 1. The van der Waals surface area contributed by atoms with E-state index in [0.717, 1.165) is 16.6 Å². The van der Waals surface area contributed by atoms with Crippen molar-refractivity contribution in [3.63, 3.8) is 0 Å². The quantitative estimate of drug-likeness (QED) is 0.197. The number of rotatable bonds is 10. The van der Waals surface area contributed by atoms with Gasteiger partial charge in [0.25, 0.3) is 12.3 Å². The Morgan fingerprint density at radius 1 is 1.20 bits per heavy atom. The fourth-order valence-corrected chi connectivity index (χ4v) is 5.92. The molecule has 1 saturated heterocycles. The van der Waals surface area contributed by atoms with Crippen molar-refractivity contribution in [1.29, 1.82) is 5.26 Å². The normalized spacial score (nSPS) is 16.7. The highest BCUT2D eigenvalue weighted by atomic mass is 35.5. The Kier molecular flexibility index (Phi) is 9.71. The molecular weight excluding hydrogens is 602 g/mol. The fraction of sp³-hybridized carbons (Fsp3) is 0.400. The smallest absolute Gasteiger partial charge is 0.318 e. The number of carbonyl (C=O) groups excluding carboxylic acids is 1. The van der Waals surface area contributed by atoms with E-state index < -0.39 is 36.6 Å². The molecule has 14 heteroatoms. The molecule has 2 aliphatic rings. The lowest BCUT2D eigenvalue weighted by atomic mass is 10.0. The van der Waals surface area contributed by atoms with Gasteiger partial charge in [0.2, 0.25) is 0 Å². The van der Waals surface area contributed by atoms with Gasteiger partial charge >= 0.3 is 6.01 Å². The molecule has 9 nitrogen and oxygen atoms in total. The van der Waals surface area contributed by atoms with Crippen LogP contribution in [-0.4, -0.2) is 79.1 Å². The SMILES string of the molecule is C=C(F)C(=O)N1CCN(c2nc(OCCNCC(F)F)nc3c2CCN(c2cccc4ccc(F)c(Cl)c24)C3)CC1CC#N. The monoisotopic (exact) mass is 631 g/mol. The average molecular weight is 632 g/mol. The molecular formula is C30H30ClF4N7O2. The molecule has 3 heterocycles. The number of nitrogens with zero attached hydrogens (tertiary/aromatic N) is 6. The van der Waals surface area contributed by atoms with Crippen molar-refractivity contribution in [1.82, 2.24) is 20.2 Å². The van der Waals surface area contributed by atoms with Crippen molar-refractivity contribution in [2.45, 2.75) is 31.9 Å². The van der Waals surface area contributed by atoms with E-state index in [1.165, 1.54) is 11.0 Å². The summed E-state index contributed by atoms with van der Waals surface area (Å²) >= 11 is 6.41. The van der Waals surface area contributed by atoms with Crippen LogP contribution in [0.1, 0.15) is 17.7 Å². The van der Waals surface area contributed by atoms with E-state index in [2.05, 4.69) is 27.9 Å². The van der Waals surface area contributed by atoms with Gasteiger partial charge in [0.05, 0.1) is 42.3 Å². The van der Waals surface area contributed by atoms with Gasteiger partial charge < -0.3 is 24.8 Å². The van der Waals surface area contributed by atoms with Crippen molar-refractivity contribution in [3.05, 3.63) is 64.8 Å². The standard InChI is InChI=1S/C30H30ClF4N7O2/c1-18(32)29(43)42-13-12-41(16-20(42)7-9-36)28-21-8-11-40(24-4-2-3-19-5-6-22(33)27(31)26(19)24)17-23(21)38-30(39-28)44-14-10-37-15-25(34)35/h2-6,20,25,37H,1,7-8,10-17H2. The lowest BCUT2D eigenvalue weighted by Gasteiger charge is -2.42. The van der Waals surface area contributed by atoms with Gasteiger partial charge in [-0.1, -0.05) is 36.4 Å². The first kappa shape index (κ1) is 31.3. The Morgan fingerprint density at radius 2 is 2.02 bits per heavy atom. The van der Waals surface area contributed by atoms with Crippen LogP contribution in [0.3, 0.4) is 0 Å². The molecule has 3 aromatic rings. The number of aromatic nitrogens is 2. The zero-order valence-electron chi connectivity index (χ0n) is 23.7. The number of nitriles is 1. The molecule has 0 saturated carbocycles. The van der Waals surface area contributed by atoms with Gasteiger partial charge in [-0.15, -0.1) is 0 Å². The second kappa shape index (κ2) is 13.7. The van der Waals surface area contributed by atoms with E-state index in [1.54, 1.807) is 6.07 Å². The van der Waals surface area contributed by atoms with Gasteiger partial charge in [0.15, 0.2) is 5.83 Å². The first-order valence-corrected chi connectivity index (χ1v) is 14.5. The molecule has 44 heavy (non-hydrogen) atoms. The van der Waals surface area contributed by atoms with Crippen LogP contribution in [-0.2, 0) is 17.8 Å². The topological polar surface area (TPSA) is 97.6 Å². The van der Waals surface area contributed by atoms with E-state index in [1.807, 2.05) is 28.0 Å². The van der Waals surface area contributed by atoms with E-state index in [-0.39, 0.29) is 43.7 Å². The van der Waals surface area contributed by atoms with Crippen molar-refractivity contribution < 1.29 is 27.1 Å². The van der Waals surface area contributed by atoms with E-state index >= 15 is 0 Å². The fourth-order valence-electron chi connectivity index (χ4n) is 5.65. The molecule has 2 aromatic carbocycles. The molecule has 5 rings (SSSR count). The predicted octanol–water partition coefficient (Wildman–Crippen LogP) is 4.63. The summed E-state index contributed by atoms with van der Waals surface area (Å²) in [4.78, 5) is 27.0. The first-order chi connectivity index (χ1) is 21.2. The molecule has 0 spiro atoms. The summed E-state index contributed by atoms with van der Waals surface area (Å²) in [6.07, 6.45) is -2.01. The molecule has 0 radical (unpaired) electrons. The maximum atomic E-state index is 14.5. The van der Waals surface area contributed by atoms with Gasteiger partial charge in [0, 0.05) is 49.4 Å². The van der Waals surface area contributed by atoms with Gasteiger partial charge in [-0.2, -0.15) is 15.2 Å². The van der Waals surface area contributed by atoms with Crippen LogP contribution in [0.2, 0.25) is 5.02 Å². The average Bonchev–Trinajstić information content (AvgIpc) is 3.01. The van der Waals surface area contributed by atoms with Crippen LogP contribution in [0.5, 0.6) is 6.01 Å². The number of amides is 1. The summed E-state index contributed by atoms with van der Waals surface area (Å²) < 4.78 is 59.0. The number of anilines is 2. The molecule has 0 aliphatic carbocycles. The summed E-state index contributed by atoms with van der Waals surface area (Å²) in [5, 5.41) is 13.4. The van der Waals surface area contributed by atoms with Gasteiger partial charge in [-0.25, -0.2) is 17.6 Å². The predicted molar refractivity (Wildman–Crippen MR) is 158 cm³/mol. The van der Waals surface area contributed by atoms with Crippen molar-refractivity contribution in [2.24, 2.45) is 0 Å². The summed E-state index contributed by atoms with van der Waals surface area (Å²) in [5.41, 5.74) is 2.23. The molecule has 1 atom stereocenters. The highest BCUT2D eigenvalue weighted by molar-refractivity contribution is 6.36. The zero-order chi connectivity index (χ0) is 31.4. The molecule has 232 valence electrons. The van der Waals surface area contributed by atoms with Crippen LogP contribution in [0.4, 0.5) is 29.1 Å². The third-order valence-electron chi connectivity index (χ3n) is 7.69. The summed E-state index contributed by atoms with van der Waals surface area (Å²) in [6.45, 7) is 4.34. The number of halogens is 5. The lowest BCUT2D eigenvalue weighted by Crippen LogP contribution is -2.55. The Bertz CT molecular complexity index is 1600. The Balaban J connectivity index is 1.47. The largest absolute Gasteiger partial charge is 0.462 e. The van der Waals surface area contributed by atoms with Crippen LogP contribution in [0, 0.1) is 17.1 Å². The first-order valence-electron chi connectivity index (χ1n) is 14.1. The third kappa shape index (κ3) is 6.66. The molecule has 1 N–H and O–H groups in total. The van der Waals surface area contributed by atoms with Crippen LogP contribution in [0.25, 0.3) is 10.8 Å². The van der Waals surface area contributed by atoms with Gasteiger partial charge in [-0.3, -0.25) is 4.79 Å². The number of nitrogens with one attached hydrogen (secondary N) is 1. The second-order valence-electron chi connectivity index (χ2n) is 10.5. The minimum atomic E-state index is -2.50. The maximum Gasteiger partial charge on any atom is 0.318 e. The highest BCUT2D eigenvalue weighted by Gasteiger charge is 2.35. The number of hydrogen-bond acceptors (Lipinski definition) is 8. The number of fused-ring (bicyclic) bond motifs is 2. The number of hydrogen-bond donors (Lipinski definition) is 1. The highest BCUT2D eigenvalue weighted by Crippen LogP contribution is 2.38. The lowest BCUT2D eigenvalue weighted by molar-refractivity contribution is -0.131. The molecule has 1 aromatic heterocycles. The number of alkyl halides is 2. The molecule has 0 bridgehead atoms. The Labute approximate surface area is 256 Å². The minimum absolute atomic E-state index is 0.0197. The van der Waals surface area contributed by atoms with E-state index in [0.29, 0.717) is 43.0 Å². The molecule has 1 fully saturated rings. The van der Waals surface area contributed by atoms with Gasteiger partial charge in [0.1, 0.15) is 18.2 Å². The maximum absolute atomic E-state index is 14.5. The van der Waals surface area contributed by atoms with Crippen LogP contribution < -0.4 is 19.9 Å². The second-order valence-corrected chi connectivity index (χ2v) is 10.9. The molecule has 1 amide bonds. The van der Waals surface area contributed by atoms with E-state index in [9.17, 15) is 27.6 Å². The van der Waals surface area contributed by atoms with Crippen LogP contribution >= 0.6 is 11.6 Å². The zero-order valence-corrected chi connectivity index (χ0v) is 24.5. The van der Waals surface area contributed by atoms with Crippen molar-refractivity contribution >= 4 is 39.8 Å². The van der Waals surface area contributed by atoms with Crippen molar-refractivity contribution in [3.8, 4) is 12.1 Å². The Morgan fingerprint density at radius 3 is 2.77 bits per heavy atom. The summed E-state index contributed by atoms with van der Waals surface area (Å²) in [7, 11) is 0. The Hall–Kier alpha value is -4.15. The minimum Gasteiger partial charge on any atom is -0.462 e. The molecule has 2 aliphatic heterocycles. The molecule has 1 unspecified atom stereocenters.